The number of aryl methyl sites for hydroxylation is 2. The Morgan fingerprint density at radius 3 is 2.80 bits per heavy atom. The van der Waals surface area contributed by atoms with Gasteiger partial charge < -0.3 is 5.32 Å². The van der Waals surface area contributed by atoms with Crippen LogP contribution in [0.2, 0.25) is 0 Å². The summed E-state index contributed by atoms with van der Waals surface area (Å²) >= 11 is 5.36. The molecule has 0 spiro atoms. The molecule has 4 nitrogen and oxygen atoms in total. The van der Waals surface area contributed by atoms with Crippen LogP contribution in [0.1, 0.15) is 49.0 Å². The van der Waals surface area contributed by atoms with Crippen LogP contribution in [0.5, 0.6) is 0 Å². The summed E-state index contributed by atoms with van der Waals surface area (Å²) in [4.78, 5) is 5.67. The van der Waals surface area contributed by atoms with E-state index in [1.54, 1.807) is 11.3 Å². The molecule has 0 fully saturated rings. The Hall–Kier alpha value is -0.720. The van der Waals surface area contributed by atoms with Crippen molar-refractivity contribution in [2.45, 2.75) is 46.2 Å². The summed E-state index contributed by atoms with van der Waals surface area (Å²) in [5, 5.41) is 8.12. The van der Waals surface area contributed by atoms with E-state index in [9.17, 15) is 0 Å². The topological polar surface area (TPSA) is 42.7 Å². The van der Waals surface area contributed by atoms with Gasteiger partial charge in [-0.05, 0) is 42.2 Å². The van der Waals surface area contributed by atoms with E-state index in [-0.39, 0.29) is 6.04 Å². The second-order valence-electron chi connectivity index (χ2n) is 4.79. The van der Waals surface area contributed by atoms with Crippen molar-refractivity contribution in [3.05, 3.63) is 32.4 Å². The number of aromatic nitrogens is 3. The maximum atomic E-state index is 4.49. The molecule has 2 aromatic heterocycles. The molecule has 0 saturated heterocycles. The molecule has 0 aromatic carbocycles. The van der Waals surface area contributed by atoms with E-state index in [1.165, 1.54) is 10.6 Å². The summed E-state index contributed by atoms with van der Waals surface area (Å²) in [6, 6.07) is 0.158. The number of nitrogens with zero attached hydrogens (tertiary/aromatic N) is 3. The highest BCUT2D eigenvalue weighted by Gasteiger charge is 2.24. The van der Waals surface area contributed by atoms with Gasteiger partial charge in [0.1, 0.15) is 0 Å². The molecule has 6 heteroatoms. The van der Waals surface area contributed by atoms with Crippen molar-refractivity contribution in [1.82, 2.24) is 20.1 Å². The molecular formula is C14H21BrN4S. The van der Waals surface area contributed by atoms with Crippen LogP contribution in [0.15, 0.2) is 16.2 Å². The van der Waals surface area contributed by atoms with Crippen molar-refractivity contribution >= 4 is 27.3 Å². The average Bonchev–Trinajstić information content (AvgIpc) is 3.00. The Balaban J connectivity index is 2.41. The van der Waals surface area contributed by atoms with Gasteiger partial charge in [-0.25, -0.2) is 4.98 Å². The lowest BCUT2D eigenvalue weighted by atomic mass is 10.1. The minimum absolute atomic E-state index is 0.158. The van der Waals surface area contributed by atoms with E-state index in [0.717, 1.165) is 36.1 Å². The average molecular weight is 357 g/mol. The lowest BCUT2D eigenvalue weighted by Gasteiger charge is -2.20. The highest BCUT2D eigenvalue weighted by Crippen LogP contribution is 2.32. The molecule has 0 saturated carbocycles. The van der Waals surface area contributed by atoms with Crippen molar-refractivity contribution in [1.29, 1.82) is 0 Å². The summed E-state index contributed by atoms with van der Waals surface area (Å²) in [6.07, 6.45) is 4.07. The maximum Gasteiger partial charge on any atom is 0.0872 e. The number of hydrogen-bond donors (Lipinski definition) is 1. The van der Waals surface area contributed by atoms with E-state index in [4.69, 9.17) is 0 Å². The van der Waals surface area contributed by atoms with Crippen LogP contribution >= 0.6 is 27.3 Å². The van der Waals surface area contributed by atoms with Crippen LogP contribution in [0.3, 0.4) is 0 Å². The first-order valence-corrected chi connectivity index (χ1v) is 8.70. The van der Waals surface area contributed by atoms with Crippen LogP contribution < -0.4 is 5.32 Å². The van der Waals surface area contributed by atoms with E-state index >= 15 is 0 Å². The fourth-order valence-electron chi connectivity index (χ4n) is 2.24. The molecule has 110 valence electrons. The van der Waals surface area contributed by atoms with Gasteiger partial charge in [0.2, 0.25) is 0 Å². The Morgan fingerprint density at radius 2 is 2.20 bits per heavy atom. The quantitative estimate of drug-likeness (QED) is 0.817. The van der Waals surface area contributed by atoms with Crippen LogP contribution in [-0.4, -0.2) is 21.3 Å². The standard InChI is InChI=1S/C14H21BrN4S/c1-4-6-16-12(14-10(3)17-9-20-14)13-11(15)8-18-19(13)7-5-2/h8-9,12,16H,4-7H2,1-3H3. The zero-order valence-corrected chi connectivity index (χ0v) is 14.6. The van der Waals surface area contributed by atoms with Gasteiger partial charge in [-0.15, -0.1) is 11.3 Å². The first-order chi connectivity index (χ1) is 9.69. The molecule has 0 aliphatic heterocycles. The summed E-state index contributed by atoms with van der Waals surface area (Å²) in [5.74, 6) is 0. The van der Waals surface area contributed by atoms with Crippen LogP contribution in [0, 0.1) is 6.92 Å². The molecular weight excluding hydrogens is 336 g/mol. The molecule has 0 bridgehead atoms. The molecule has 2 aromatic rings. The van der Waals surface area contributed by atoms with Gasteiger partial charge in [0.15, 0.2) is 0 Å². The molecule has 1 atom stereocenters. The smallest absolute Gasteiger partial charge is 0.0872 e. The molecule has 0 radical (unpaired) electrons. The highest BCUT2D eigenvalue weighted by molar-refractivity contribution is 9.10. The fourth-order valence-corrected chi connectivity index (χ4v) is 3.64. The number of thiazole rings is 1. The number of halogens is 1. The third-order valence-electron chi connectivity index (χ3n) is 3.19. The minimum atomic E-state index is 0.158. The number of nitrogens with one attached hydrogen (secondary N) is 1. The summed E-state index contributed by atoms with van der Waals surface area (Å²) < 4.78 is 3.16. The highest BCUT2D eigenvalue weighted by atomic mass is 79.9. The normalized spacial score (nSPS) is 12.8. The van der Waals surface area contributed by atoms with Crippen molar-refractivity contribution in [2.75, 3.05) is 6.54 Å². The van der Waals surface area contributed by atoms with Crippen molar-refractivity contribution in [2.24, 2.45) is 0 Å². The van der Waals surface area contributed by atoms with E-state index < -0.39 is 0 Å². The van der Waals surface area contributed by atoms with E-state index in [2.05, 4.69) is 56.8 Å². The molecule has 2 heterocycles. The third kappa shape index (κ3) is 3.30. The van der Waals surface area contributed by atoms with Crippen LogP contribution in [0.25, 0.3) is 0 Å². The molecule has 2 rings (SSSR count). The molecule has 0 aliphatic carbocycles. The van der Waals surface area contributed by atoms with Gasteiger partial charge >= 0.3 is 0 Å². The number of rotatable bonds is 7. The third-order valence-corrected chi connectivity index (χ3v) is 4.79. The van der Waals surface area contributed by atoms with Gasteiger partial charge in [0.25, 0.3) is 0 Å². The van der Waals surface area contributed by atoms with E-state index in [0.29, 0.717) is 0 Å². The molecule has 1 N–H and O–H groups in total. The predicted octanol–water partition coefficient (Wildman–Crippen LogP) is 3.91. The van der Waals surface area contributed by atoms with Gasteiger partial charge in [0, 0.05) is 6.54 Å². The van der Waals surface area contributed by atoms with Gasteiger partial charge in [-0.2, -0.15) is 5.10 Å². The van der Waals surface area contributed by atoms with Gasteiger partial charge in [-0.1, -0.05) is 13.8 Å². The zero-order chi connectivity index (χ0) is 14.5. The van der Waals surface area contributed by atoms with Crippen LogP contribution in [-0.2, 0) is 6.54 Å². The number of hydrogen-bond acceptors (Lipinski definition) is 4. The van der Waals surface area contributed by atoms with Crippen molar-refractivity contribution < 1.29 is 0 Å². The lowest BCUT2D eigenvalue weighted by Crippen LogP contribution is -2.26. The molecule has 1 unspecified atom stereocenters. The monoisotopic (exact) mass is 356 g/mol. The lowest BCUT2D eigenvalue weighted by molar-refractivity contribution is 0.512. The Labute approximate surface area is 132 Å². The fraction of sp³-hybridized carbons (Fsp3) is 0.571. The molecule has 0 amide bonds. The van der Waals surface area contributed by atoms with Crippen molar-refractivity contribution in [3.8, 4) is 0 Å². The van der Waals surface area contributed by atoms with Crippen LogP contribution in [0.4, 0.5) is 0 Å². The first-order valence-electron chi connectivity index (χ1n) is 7.03. The second-order valence-corrected chi connectivity index (χ2v) is 6.53. The zero-order valence-electron chi connectivity index (χ0n) is 12.2. The predicted molar refractivity (Wildman–Crippen MR) is 87.2 cm³/mol. The Morgan fingerprint density at radius 1 is 1.40 bits per heavy atom. The largest absolute Gasteiger partial charge is 0.304 e. The minimum Gasteiger partial charge on any atom is -0.304 e. The summed E-state index contributed by atoms with van der Waals surface area (Å²) in [5.41, 5.74) is 4.21. The molecule has 0 aliphatic rings. The summed E-state index contributed by atoms with van der Waals surface area (Å²) in [7, 11) is 0. The van der Waals surface area contributed by atoms with Gasteiger partial charge in [-0.3, -0.25) is 4.68 Å². The Kier molecular flexibility index (Phi) is 5.74. The summed E-state index contributed by atoms with van der Waals surface area (Å²) in [6.45, 7) is 8.34. The SMILES string of the molecule is CCCNC(c1scnc1C)c1c(Br)cnn1CCC. The first kappa shape index (κ1) is 15.7. The van der Waals surface area contributed by atoms with E-state index in [1.807, 2.05) is 11.7 Å². The van der Waals surface area contributed by atoms with Crippen molar-refractivity contribution in [3.63, 3.8) is 0 Å². The Bertz CT molecular complexity index is 549. The molecule has 20 heavy (non-hydrogen) atoms. The second kappa shape index (κ2) is 7.33. The maximum absolute atomic E-state index is 4.49. The van der Waals surface area contributed by atoms with Gasteiger partial charge in [0.05, 0.1) is 38.5 Å².